The maximum atomic E-state index is 11.8. The Morgan fingerprint density at radius 1 is 1.41 bits per heavy atom. The van der Waals surface area contributed by atoms with E-state index in [0.717, 1.165) is 0 Å². The number of nitrogens with two attached hydrogens (primary N) is 1. The first-order chi connectivity index (χ1) is 7.86. The molecule has 0 heterocycles. The molecule has 0 unspecified atom stereocenters. The Hall–Kier alpha value is -1.40. The van der Waals surface area contributed by atoms with Gasteiger partial charge in [-0.15, -0.1) is 0 Å². The SMILES string of the molecule is Cc1ccc(CC(N)=O)cc1S(=O)(=O)CCO. The number of aliphatic hydroxyl groups is 1. The highest BCUT2D eigenvalue weighted by atomic mass is 32.2. The molecule has 0 bridgehead atoms. The van der Waals surface area contributed by atoms with Gasteiger partial charge in [0.2, 0.25) is 5.91 Å². The largest absolute Gasteiger partial charge is 0.395 e. The van der Waals surface area contributed by atoms with E-state index in [0.29, 0.717) is 11.1 Å². The van der Waals surface area contributed by atoms with Crippen molar-refractivity contribution in [3.8, 4) is 0 Å². The molecular formula is C11H15NO4S. The number of hydrogen-bond acceptors (Lipinski definition) is 4. The van der Waals surface area contributed by atoms with Crippen molar-refractivity contribution >= 4 is 15.7 Å². The van der Waals surface area contributed by atoms with Crippen LogP contribution in [0.1, 0.15) is 11.1 Å². The van der Waals surface area contributed by atoms with Crippen LogP contribution in [0.5, 0.6) is 0 Å². The Bertz CT molecular complexity index is 522. The summed E-state index contributed by atoms with van der Waals surface area (Å²) in [5.41, 5.74) is 6.20. The number of carbonyl (C=O) groups excluding carboxylic acids is 1. The number of hydrogen-bond donors (Lipinski definition) is 2. The van der Waals surface area contributed by atoms with Crippen LogP contribution in [0, 0.1) is 6.92 Å². The molecule has 1 aromatic rings. The zero-order valence-electron chi connectivity index (χ0n) is 9.51. The van der Waals surface area contributed by atoms with E-state index in [-0.39, 0.29) is 17.1 Å². The molecule has 0 aliphatic carbocycles. The molecule has 3 N–H and O–H groups in total. The zero-order chi connectivity index (χ0) is 13.1. The lowest BCUT2D eigenvalue weighted by Gasteiger charge is -2.08. The van der Waals surface area contributed by atoms with Crippen LogP contribution in [-0.2, 0) is 21.1 Å². The summed E-state index contributed by atoms with van der Waals surface area (Å²) in [6.45, 7) is 1.24. The number of aliphatic hydroxyl groups excluding tert-OH is 1. The summed E-state index contributed by atoms with van der Waals surface area (Å²) in [5.74, 6) is -0.840. The van der Waals surface area contributed by atoms with Gasteiger partial charge in [-0.2, -0.15) is 0 Å². The molecule has 0 aliphatic rings. The van der Waals surface area contributed by atoms with Gasteiger partial charge in [-0.1, -0.05) is 12.1 Å². The highest BCUT2D eigenvalue weighted by Gasteiger charge is 2.17. The number of rotatable bonds is 5. The number of carbonyl (C=O) groups is 1. The molecule has 0 aliphatic heterocycles. The van der Waals surface area contributed by atoms with Gasteiger partial charge in [0.25, 0.3) is 0 Å². The number of aryl methyl sites for hydroxylation is 1. The molecule has 5 nitrogen and oxygen atoms in total. The van der Waals surface area contributed by atoms with Crippen LogP contribution < -0.4 is 5.73 Å². The van der Waals surface area contributed by atoms with Crippen LogP contribution in [0.3, 0.4) is 0 Å². The second-order valence-electron chi connectivity index (χ2n) is 3.79. The van der Waals surface area contributed by atoms with Crippen LogP contribution in [0.4, 0.5) is 0 Å². The minimum Gasteiger partial charge on any atom is -0.395 e. The molecule has 0 saturated heterocycles. The van der Waals surface area contributed by atoms with Gasteiger partial charge >= 0.3 is 0 Å². The predicted octanol–water partition coefficient (Wildman–Crippen LogP) is -0.211. The maximum absolute atomic E-state index is 11.8. The number of benzene rings is 1. The first-order valence-electron chi connectivity index (χ1n) is 5.08. The summed E-state index contributed by atoms with van der Waals surface area (Å²) in [5, 5.41) is 8.72. The molecule has 6 heteroatoms. The van der Waals surface area contributed by atoms with Crippen LogP contribution in [0.15, 0.2) is 23.1 Å². The van der Waals surface area contributed by atoms with Gasteiger partial charge in [0.15, 0.2) is 9.84 Å². The summed E-state index contributed by atoms with van der Waals surface area (Å²) in [7, 11) is -3.50. The van der Waals surface area contributed by atoms with Gasteiger partial charge in [0.1, 0.15) is 0 Å². The monoisotopic (exact) mass is 257 g/mol. The molecule has 0 aromatic heterocycles. The predicted molar refractivity (Wildman–Crippen MR) is 63.2 cm³/mol. The van der Waals surface area contributed by atoms with E-state index in [4.69, 9.17) is 10.8 Å². The molecule has 0 radical (unpaired) electrons. The Balaban J connectivity index is 3.19. The second-order valence-corrected chi connectivity index (χ2v) is 5.86. The quantitative estimate of drug-likeness (QED) is 0.762. The highest BCUT2D eigenvalue weighted by molar-refractivity contribution is 7.91. The minimum atomic E-state index is -3.50. The van der Waals surface area contributed by atoms with Crippen molar-refractivity contribution < 1.29 is 18.3 Å². The fourth-order valence-corrected chi connectivity index (χ4v) is 2.87. The van der Waals surface area contributed by atoms with E-state index in [9.17, 15) is 13.2 Å². The topological polar surface area (TPSA) is 97.5 Å². The molecular weight excluding hydrogens is 242 g/mol. The molecule has 17 heavy (non-hydrogen) atoms. The number of primary amides is 1. The lowest BCUT2D eigenvalue weighted by atomic mass is 10.1. The standard InChI is InChI=1S/C11H15NO4S/c1-8-2-3-9(7-11(12)14)6-10(8)17(15,16)5-4-13/h2-3,6,13H,4-5,7H2,1H3,(H2,12,14). The lowest BCUT2D eigenvalue weighted by molar-refractivity contribution is -0.117. The maximum Gasteiger partial charge on any atom is 0.221 e. The van der Waals surface area contributed by atoms with Gasteiger partial charge in [-0.25, -0.2) is 8.42 Å². The fraction of sp³-hybridized carbons (Fsp3) is 0.364. The smallest absolute Gasteiger partial charge is 0.221 e. The minimum absolute atomic E-state index is 0.00191. The summed E-state index contributed by atoms with van der Waals surface area (Å²) in [6, 6.07) is 4.73. The van der Waals surface area contributed by atoms with Crippen LogP contribution in [0.2, 0.25) is 0 Å². The van der Waals surface area contributed by atoms with Gasteiger partial charge in [0.05, 0.1) is 23.7 Å². The van der Waals surface area contributed by atoms with Crippen molar-refractivity contribution in [2.45, 2.75) is 18.2 Å². The molecule has 1 rings (SSSR count). The highest BCUT2D eigenvalue weighted by Crippen LogP contribution is 2.18. The molecule has 0 fully saturated rings. The Morgan fingerprint density at radius 3 is 2.59 bits per heavy atom. The summed E-state index contributed by atoms with van der Waals surface area (Å²) < 4.78 is 23.6. The van der Waals surface area contributed by atoms with Gasteiger partial charge in [-0.05, 0) is 24.1 Å². The average molecular weight is 257 g/mol. The van der Waals surface area contributed by atoms with Crippen molar-refractivity contribution in [2.24, 2.45) is 5.73 Å². The van der Waals surface area contributed by atoms with E-state index < -0.39 is 22.4 Å². The van der Waals surface area contributed by atoms with Crippen LogP contribution in [0.25, 0.3) is 0 Å². The van der Waals surface area contributed by atoms with Gasteiger partial charge < -0.3 is 10.8 Å². The summed E-state index contributed by atoms with van der Waals surface area (Å²) >= 11 is 0. The molecule has 1 aromatic carbocycles. The third-order valence-corrected chi connectivity index (χ3v) is 4.16. The fourth-order valence-electron chi connectivity index (χ4n) is 1.52. The number of amides is 1. The van der Waals surface area contributed by atoms with Crippen molar-refractivity contribution in [1.82, 2.24) is 0 Å². The molecule has 0 atom stereocenters. The Labute approximate surface area is 100 Å². The van der Waals surface area contributed by atoms with Crippen molar-refractivity contribution in [2.75, 3.05) is 12.4 Å². The number of sulfone groups is 1. The Morgan fingerprint density at radius 2 is 2.06 bits per heavy atom. The first-order valence-corrected chi connectivity index (χ1v) is 6.73. The van der Waals surface area contributed by atoms with E-state index >= 15 is 0 Å². The lowest BCUT2D eigenvalue weighted by Crippen LogP contribution is -2.15. The third kappa shape index (κ3) is 3.54. The molecule has 1 amide bonds. The summed E-state index contributed by atoms with van der Waals surface area (Å²) in [4.78, 5) is 10.9. The summed E-state index contributed by atoms with van der Waals surface area (Å²) in [6.07, 6.45) is 0.00191. The van der Waals surface area contributed by atoms with Crippen molar-refractivity contribution in [3.05, 3.63) is 29.3 Å². The van der Waals surface area contributed by atoms with Gasteiger partial charge in [0, 0.05) is 0 Å². The van der Waals surface area contributed by atoms with Crippen LogP contribution in [-0.4, -0.2) is 31.8 Å². The third-order valence-electron chi connectivity index (χ3n) is 2.33. The van der Waals surface area contributed by atoms with E-state index in [1.807, 2.05) is 0 Å². The van der Waals surface area contributed by atoms with E-state index in [1.165, 1.54) is 6.07 Å². The van der Waals surface area contributed by atoms with Crippen LogP contribution >= 0.6 is 0 Å². The normalized spacial score (nSPS) is 11.4. The molecule has 0 spiro atoms. The first kappa shape index (κ1) is 13.7. The second kappa shape index (κ2) is 5.29. The zero-order valence-corrected chi connectivity index (χ0v) is 10.3. The van der Waals surface area contributed by atoms with E-state index in [1.54, 1.807) is 19.1 Å². The molecule has 0 saturated carbocycles. The Kier molecular flexibility index (Phi) is 4.25. The molecule has 94 valence electrons. The average Bonchev–Trinajstić information content (AvgIpc) is 2.20. The van der Waals surface area contributed by atoms with Gasteiger partial charge in [-0.3, -0.25) is 4.79 Å². The van der Waals surface area contributed by atoms with Crippen molar-refractivity contribution in [1.29, 1.82) is 0 Å². The van der Waals surface area contributed by atoms with E-state index in [2.05, 4.69) is 0 Å². The van der Waals surface area contributed by atoms with Crippen molar-refractivity contribution in [3.63, 3.8) is 0 Å².